The molecule has 370 valence electrons. The average Bonchev–Trinajstić information content (AvgIpc) is 4.13. The molecule has 0 bridgehead atoms. The molecule has 1 atom stereocenters. The standard InChI is InChI=1S/C25H20F2N6O2S.C25H19F2N5O3S2/c1-13-6-7-15(30-23(34)14-8-9-36-12-14)10-16(13)20-17-11-29-25(35)33(22(17)32-24(28-2)31-20)21-18(26)4-3-5-19(21)27;1-13-6-7-15(29-23(33)14-8-9-36-12-14)10-16(13)20-17-11-28-25(34)32(21-18(26)4-3-5-19(21)27)22(17)31-24(30-20)37(2)35/h3-10,12H,11H2,1-2H3,(H,29,35)(H,30,34)(H,28,31,32);3-10,12H,11H2,1-2H3,(H,28,34)(H,29,33). The minimum Gasteiger partial charge on any atom is -0.357 e. The fraction of sp³-hybridized carbons (Fsp3) is 0.120. The Morgan fingerprint density at radius 3 is 1.48 bits per heavy atom. The van der Waals surface area contributed by atoms with Gasteiger partial charge in [-0.1, -0.05) is 24.3 Å². The molecule has 8 aromatic rings. The van der Waals surface area contributed by atoms with E-state index < -0.39 is 57.5 Å². The Morgan fingerprint density at radius 1 is 0.630 bits per heavy atom. The third kappa shape index (κ3) is 9.96. The predicted octanol–water partition coefficient (Wildman–Crippen LogP) is 10.6. The highest BCUT2D eigenvalue weighted by Gasteiger charge is 2.36. The minimum absolute atomic E-state index is 0.0301. The summed E-state index contributed by atoms with van der Waals surface area (Å²) >= 11 is 2.83. The van der Waals surface area contributed by atoms with Crippen LogP contribution in [0, 0.1) is 37.1 Å². The third-order valence-corrected chi connectivity index (χ3v) is 13.5. The van der Waals surface area contributed by atoms with E-state index in [1.54, 1.807) is 65.7 Å². The molecule has 16 nitrogen and oxygen atoms in total. The van der Waals surface area contributed by atoms with E-state index in [-0.39, 0.29) is 47.6 Å². The molecule has 2 aliphatic rings. The van der Waals surface area contributed by atoms with Crippen LogP contribution in [0.15, 0.2) is 112 Å². The number of anilines is 7. The number of carbonyl (C=O) groups excluding carboxylic acids is 4. The Bertz CT molecular complexity index is 3490. The number of nitrogens with one attached hydrogen (secondary N) is 5. The molecule has 6 heterocycles. The van der Waals surface area contributed by atoms with E-state index in [9.17, 15) is 40.9 Å². The summed E-state index contributed by atoms with van der Waals surface area (Å²) in [6.07, 6.45) is 1.37. The van der Waals surface area contributed by atoms with Crippen molar-refractivity contribution in [2.75, 3.05) is 39.1 Å². The van der Waals surface area contributed by atoms with Gasteiger partial charge in [0.25, 0.3) is 11.8 Å². The number of amides is 6. The smallest absolute Gasteiger partial charge is 0.328 e. The van der Waals surface area contributed by atoms with Crippen molar-refractivity contribution in [1.82, 2.24) is 30.6 Å². The molecule has 4 aromatic heterocycles. The van der Waals surface area contributed by atoms with E-state index in [0.717, 1.165) is 45.2 Å². The first-order valence-electron chi connectivity index (χ1n) is 21.9. The summed E-state index contributed by atoms with van der Waals surface area (Å²) in [5, 5.41) is 20.8. The Labute approximate surface area is 424 Å². The molecule has 0 spiro atoms. The fourth-order valence-electron chi connectivity index (χ4n) is 7.91. The molecule has 10 rings (SSSR count). The predicted molar refractivity (Wildman–Crippen MR) is 272 cm³/mol. The molecule has 1 unspecified atom stereocenters. The van der Waals surface area contributed by atoms with Gasteiger partial charge < -0.3 is 26.6 Å². The minimum atomic E-state index is -1.68. The number of rotatable bonds is 10. The van der Waals surface area contributed by atoms with E-state index in [1.807, 2.05) is 25.3 Å². The molecule has 4 aromatic carbocycles. The van der Waals surface area contributed by atoms with Gasteiger partial charge in [-0.25, -0.2) is 51.9 Å². The second kappa shape index (κ2) is 20.7. The van der Waals surface area contributed by atoms with Crippen molar-refractivity contribution >= 4 is 97.7 Å². The van der Waals surface area contributed by atoms with E-state index in [0.29, 0.717) is 56.1 Å². The average molecular weight is 1050 g/mol. The number of halogens is 4. The quantitative estimate of drug-likeness (QED) is 0.0648. The Hall–Kier alpha value is -8.41. The van der Waals surface area contributed by atoms with Crippen LogP contribution in [-0.4, -0.2) is 61.3 Å². The van der Waals surface area contributed by atoms with Crippen molar-refractivity contribution in [3.63, 3.8) is 0 Å². The molecule has 0 aliphatic carbocycles. The lowest BCUT2D eigenvalue weighted by Crippen LogP contribution is -2.43. The van der Waals surface area contributed by atoms with Crippen LogP contribution in [0.1, 0.15) is 43.0 Å². The van der Waals surface area contributed by atoms with Crippen molar-refractivity contribution in [1.29, 1.82) is 0 Å². The number of hydrogen-bond acceptors (Lipinski definition) is 12. The van der Waals surface area contributed by atoms with Crippen LogP contribution in [0.2, 0.25) is 0 Å². The molecule has 5 N–H and O–H groups in total. The highest BCUT2D eigenvalue weighted by atomic mass is 32.2. The van der Waals surface area contributed by atoms with Gasteiger partial charge in [-0.05, 0) is 96.4 Å². The van der Waals surface area contributed by atoms with Crippen molar-refractivity contribution in [2.24, 2.45) is 0 Å². The summed E-state index contributed by atoms with van der Waals surface area (Å²) in [7, 11) is -0.0785. The summed E-state index contributed by atoms with van der Waals surface area (Å²) in [6, 6.07) is 19.2. The van der Waals surface area contributed by atoms with Gasteiger partial charge in [0.15, 0.2) is 11.6 Å². The van der Waals surface area contributed by atoms with Gasteiger partial charge >= 0.3 is 12.1 Å². The number of urea groups is 2. The second-order valence-electron chi connectivity index (χ2n) is 16.2. The molecule has 23 heteroatoms. The second-order valence-corrected chi connectivity index (χ2v) is 19.0. The van der Waals surface area contributed by atoms with Crippen LogP contribution >= 0.6 is 22.7 Å². The zero-order chi connectivity index (χ0) is 51.7. The van der Waals surface area contributed by atoms with Crippen LogP contribution in [0.25, 0.3) is 22.5 Å². The SMILES string of the molecule is CNc1nc(-c2cc(NC(=O)c3ccsc3)ccc2C)c2c(n1)N(c1c(F)cccc1F)C(=O)NC2.Cc1ccc(NC(=O)c2ccsc2)cc1-c1nc(S(C)=O)nc2c1CNC(=O)N2c1c(F)cccc1F. The normalized spacial score (nSPS) is 13.2. The lowest BCUT2D eigenvalue weighted by atomic mass is 9.99. The van der Waals surface area contributed by atoms with Crippen molar-refractivity contribution < 1.29 is 40.9 Å². The highest BCUT2D eigenvalue weighted by Crippen LogP contribution is 2.41. The van der Waals surface area contributed by atoms with Crippen molar-refractivity contribution in [2.45, 2.75) is 32.1 Å². The number of fused-ring (bicyclic) bond motifs is 2. The summed E-state index contributed by atoms with van der Waals surface area (Å²) in [5.74, 6) is -4.12. The van der Waals surface area contributed by atoms with Crippen LogP contribution in [0.3, 0.4) is 0 Å². The summed E-state index contributed by atoms with van der Waals surface area (Å²) in [4.78, 5) is 70.3. The number of nitrogens with zero attached hydrogens (tertiary/aromatic N) is 6. The van der Waals surface area contributed by atoms with Gasteiger partial charge in [0, 0.05) is 57.7 Å². The molecule has 0 saturated heterocycles. The van der Waals surface area contributed by atoms with Gasteiger partial charge in [0.1, 0.15) is 34.6 Å². The van der Waals surface area contributed by atoms with Crippen LogP contribution in [-0.2, 0) is 23.9 Å². The number of aromatic nitrogens is 4. The number of thiophene rings is 2. The molecule has 0 saturated carbocycles. The first-order valence-corrected chi connectivity index (χ1v) is 25.3. The summed E-state index contributed by atoms with van der Waals surface area (Å²) < 4.78 is 71.3. The number of aryl methyl sites for hydroxylation is 2. The van der Waals surface area contributed by atoms with E-state index in [1.165, 1.54) is 41.1 Å². The molecule has 6 amide bonds. The zero-order valence-electron chi connectivity index (χ0n) is 38.8. The fourth-order valence-corrected chi connectivity index (χ4v) is 9.61. The van der Waals surface area contributed by atoms with Gasteiger partial charge in [0.05, 0.1) is 46.4 Å². The van der Waals surface area contributed by atoms with Gasteiger partial charge in [-0.3, -0.25) is 13.8 Å². The summed E-state index contributed by atoms with van der Waals surface area (Å²) in [6.45, 7) is 3.72. The van der Waals surface area contributed by atoms with E-state index in [4.69, 9.17) is 0 Å². The first kappa shape index (κ1) is 49.6. The monoisotopic (exact) mass is 1050 g/mol. The first-order chi connectivity index (χ1) is 35.1. The van der Waals surface area contributed by atoms with Gasteiger partial charge in [-0.2, -0.15) is 27.7 Å². The Kier molecular flexibility index (Phi) is 14.1. The van der Waals surface area contributed by atoms with Crippen molar-refractivity contribution in [3.8, 4) is 22.5 Å². The maximum atomic E-state index is 14.7. The molecule has 0 fully saturated rings. The van der Waals surface area contributed by atoms with Crippen LogP contribution < -0.4 is 36.4 Å². The van der Waals surface area contributed by atoms with E-state index >= 15 is 0 Å². The van der Waals surface area contributed by atoms with Crippen LogP contribution in [0.4, 0.5) is 67.5 Å². The maximum Gasteiger partial charge on any atom is 0.328 e. The number of hydrogen-bond donors (Lipinski definition) is 5. The van der Waals surface area contributed by atoms with Crippen LogP contribution in [0.5, 0.6) is 0 Å². The molecule has 73 heavy (non-hydrogen) atoms. The molecular formula is C50H39F4N11O5S3. The maximum absolute atomic E-state index is 14.7. The Balaban J connectivity index is 0.000000180. The zero-order valence-corrected chi connectivity index (χ0v) is 41.2. The highest BCUT2D eigenvalue weighted by molar-refractivity contribution is 7.84. The lowest BCUT2D eigenvalue weighted by Gasteiger charge is -2.31. The number of para-hydroxylation sites is 2. The van der Waals surface area contributed by atoms with Gasteiger partial charge in [0.2, 0.25) is 11.1 Å². The molecule has 0 radical (unpaired) electrons. The molecule has 2 aliphatic heterocycles. The molecular weight excluding hydrogens is 1010 g/mol. The number of benzene rings is 4. The number of carbonyl (C=O) groups is 4. The lowest BCUT2D eigenvalue weighted by molar-refractivity contribution is 0.101. The largest absolute Gasteiger partial charge is 0.357 e. The van der Waals surface area contributed by atoms with E-state index in [2.05, 4.69) is 46.5 Å². The Morgan fingerprint density at radius 2 is 1.07 bits per heavy atom. The van der Waals surface area contributed by atoms with Gasteiger partial charge in [-0.15, -0.1) is 0 Å². The topological polar surface area (TPSA) is 204 Å². The van der Waals surface area contributed by atoms with Crippen molar-refractivity contribution in [3.05, 3.63) is 163 Å². The summed E-state index contributed by atoms with van der Waals surface area (Å²) in [5.41, 5.74) is 5.42. The third-order valence-electron chi connectivity index (χ3n) is 11.5.